The Morgan fingerprint density at radius 3 is 2.42 bits per heavy atom. The molecule has 0 aliphatic carbocycles. The third-order valence-electron chi connectivity index (χ3n) is 3.55. The van der Waals surface area contributed by atoms with Crippen LogP contribution in [0.25, 0.3) is 6.08 Å². The average molecular weight is 372 g/mol. The van der Waals surface area contributed by atoms with E-state index in [-0.39, 0.29) is 6.61 Å². The predicted octanol–water partition coefficient (Wildman–Crippen LogP) is 4.41. The van der Waals surface area contributed by atoms with Crippen molar-refractivity contribution in [3.63, 3.8) is 0 Å². The molecule has 0 atom stereocenters. The van der Waals surface area contributed by atoms with E-state index in [1.54, 1.807) is 24.3 Å². The van der Waals surface area contributed by atoms with Crippen LogP contribution < -0.4 is 9.47 Å². The van der Waals surface area contributed by atoms with Crippen LogP contribution in [0.2, 0.25) is 5.02 Å². The van der Waals surface area contributed by atoms with Gasteiger partial charge in [-0.05, 0) is 49.8 Å². The summed E-state index contributed by atoms with van der Waals surface area (Å²) in [6.45, 7) is 4.56. The Kier molecular flexibility index (Phi) is 6.65. The summed E-state index contributed by atoms with van der Waals surface area (Å²) in [6.07, 6.45) is 1.23. The van der Waals surface area contributed by atoms with Crippen molar-refractivity contribution in [3.8, 4) is 17.6 Å². The fourth-order valence-corrected chi connectivity index (χ4v) is 2.51. The van der Waals surface area contributed by atoms with Gasteiger partial charge in [-0.3, -0.25) is 0 Å². The van der Waals surface area contributed by atoms with Gasteiger partial charge in [-0.25, -0.2) is 4.79 Å². The van der Waals surface area contributed by atoms with E-state index in [9.17, 15) is 4.79 Å². The number of ether oxygens (including phenoxy) is 2. The molecule has 0 aliphatic heterocycles. The molecule has 0 aliphatic rings. The summed E-state index contributed by atoms with van der Waals surface area (Å²) >= 11 is 5.95. The van der Waals surface area contributed by atoms with E-state index < -0.39 is 11.5 Å². The number of rotatable bonds is 7. The standard InChI is InChI=1S/C20H18ClNO4/c1-13-3-5-18(14(2)9-13)25-7-8-26-19-6-4-17(21)11-15(19)10-16(12-22)20(23)24/h3-6,9-11H,7-8H2,1-2H3,(H,23,24). The summed E-state index contributed by atoms with van der Waals surface area (Å²) in [4.78, 5) is 11.0. The molecular weight excluding hydrogens is 354 g/mol. The van der Waals surface area contributed by atoms with Crippen LogP contribution in [0.4, 0.5) is 0 Å². The van der Waals surface area contributed by atoms with Gasteiger partial charge in [0, 0.05) is 10.6 Å². The first-order valence-corrected chi connectivity index (χ1v) is 8.26. The number of nitrogens with zero attached hydrogens (tertiary/aromatic N) is 1. The maximum absolute atomic E-state index is 11.0. The first kappa shape index (κ1) is 19.4. The van der Waals surface area contributed by atoms with Crippen molar-refractivity contribution in [2.75, 3.05) is 13.2 Å². The van der Waals surface area contributed by atoms with Crippen LogP contribution in [0.5, 0.6) is 11.5 Å². The second-order valence-electron chi connectivity index (χ2n) is 5.62. The molecule has 5 nitrogen and oxygen atoms in total. The maximum atomic E-state index is 11.0. The number of aryl methyl sites for hydroxylation is 2. The van der Waals surface area contributed by atoms with Gasteiger partial charge in [-0.2, -0.15) is 5.26 Å². The average Bonchev–Trinajstić information content (AvgIpc) is 2.59. The number of hydrogen-bond donors (Lipinski definition) is 1. The van der Waals surface area contributed by atoms with E-state index in [1.165, 1.54) is 6.08 Å². The van der Waals surface area contributed by atoms with Crippen molar-refractivity contribution in [1.82, 2.24) is 0 Å². The quantitative estimate of drug-likeness (QED) is 0.443. The Morgan fingerprint density at radius 1 is 1.15 bits per heavy atom. The first-order chi connectivity index (χ1) is 12.4. The molecule has 0 amide bonds. The number of benzene rings is 2. The van der Waals surface area contributed by atoms with Crippen molar-refractivity contribution in [1.29, 1.82) is 5.26 Å². The summed E-state index contributed by atoms with van der Waals surface area (Å²) in [5.41, 5.74) is 2.22. The molecule has 0 unspecified atom stereocenters. The van der Waals surface area contributed by atoms with Crippen LogP contribution in [0.15, 0.2) is 42.0 Å². The molecule has 0 fully saturated rings. The molecular formula is C20H18ClNO4. The van der Waals surface area contributed by atoms with Crippen LogP contribution in [0.3, 0.4) is 0 Å². The molecule has 134 valence electrons. The second kappa shape index (κ2) is 8.93. The zero-order valence-electron chi connectivity index (χ0n) is 14.5. The lowest BCUT2D eigenvalue weighted by molar-refractivity contribution is -0.132. The normalized spacial score (nSPS) is 10.9. The minimum atomic E-state index is -1.31. The zero-order chi connectivity index (χ0) is 19.1. The van der Waals surface area contributed by atoms with E-state index in [4.69, 9.17) is 31.4 Å². The maximum Gasteiger partial charge on any atom is 0.346 e. The molecule has 2 aromatic rings. The largest absolute Gasteiger partial charge is 0.490 e. The van der Waals surface area contributed by atoms with E-state index in [0.717, 1.165) is 16.9 Å². The second-order valence-corrected chi connectivity index (χ2v) is 6.06. The van der Waals surface area contributed by atoms with E-state index in [0.29, 0.717) is 22.9 Å². The highest BCUT2D eigenvalue weighted by Crippen LogP contribution is 2.25. The van der Waals surface area contributed by atoms with Gasteiger partial charge in [0.15, 0.2) is 0 Å². The Morgan fingerprint density at radius 2 is 1.81 bits per heavy atom. The molecule has 26 heavy (non-hydrogen) atoms. The number of halogens is 1. The van der Waals surface area contributed by atoms with Crippen LogP contribution in [-0.4, -0.2) is 24.3 Å². The molecule has 0 bridgehead atoms. The van der Waals surface area contributed by atoms with Crippen LogP contribution in [0, 0.1) is 25.2 Å². The monoisotopic (exact) mass is 371 g/mol. The van der Waals surface area contributed by atoms with Gasteiger partial charge in [0.05, 0.1) is 0 Å². The smallest absolute Gasteiger partial charge is 0.346 e. The highest BCUT2D eigenvalue weighted by atomic mass is 35.5. The number of hydrogen-bond acceptors (Lipinski definition) is 4. The van der Waals surface area contributed by atoms with Crippen molar-refractivity contribution in [2.45, 2.75) is 13.8 Å². The predicted molar refractivity (Wildman–Crippen MR) is 99.6 cm³/mol. The number of carboxylic acid groups (broad SMARTS) is 1. The van der Waals surface area contributed by atoms with E-state index in [2.05, 4.69) is 0 Å². The van der Waals surface area contributed by atoms with Crippen molar-refractivity contribution < 1.29 is 19.4 Å². The minimum absolute atomic E-state index is 0.255. The lowest BCUT2D eigenvalue weighted by atomic mass is 10.1. The Bertz CT molecular complexity index is 884. The molecule has 1 N–H and O–H groups in total. The Hall–Kier alpha value is -2.97. The van der Waals surface area contributed by atoms with Crippen LogP contribution >= 0.6 is 11.6 Å². The number of aliphatic carboxylic acids is 1. The summed E-state index contributed by atoms with van der Waals surface area (Å²) < 4.78 is 11.4. The van der Waals surface area contributed by atoms with Gasteiger partial charge < -0.3 is 14.6 Å². The van der Waals surface area contributed by atoms with Crippen molar-refractivity contribution in [3.05, 3.63) is 63.7 Å². The third kappa shape index (κ3) is 5.27. The Labute approximate surface area is 157 Å². The van der Waals surface area contributed by atoms with Gasteiger partial charge in [0.2, 0.25) is 0 Å². The van der Waals surface area contributed by atoms with Crippen LogP contribution in [-0.2, 0) is 4.79 Å². The molecule has 0 aromatic heterocycles. The zero-order valence-corrected chi connectivity index (χ0v) is 15.2. The van der Waals surface area contributed by atoms with Crippen molar-refractivity contribution in [2.24, 2.45) is 0 Å². The SMILES string of the molecule is Cc1ccc(OCCOc2ccc(Cl)cc2C=C(C#N)C(=O)O)c(C)c1. The van der Waals surface area contributed by atoms with E-state index >= 15 is 0 Å². The molecule has 0 heterocycles. The summed E-state index contributed by atoms with van der Waals surface area (Å²) in [7, 11) is 0. The van der Waals surface area contributed by atoms with Gasteiger partial charge >= 0.3 is 5.97 Å². The first-order valence-electron chi connectivity index (χ1n) is 7.88. The number of nitriles is 1. The molecule has 0 radical (unpaired) electrons. The highest BCUT2D eigenvalue weighted by molar-refractivity contribution is 6.30. The third-order valence-corrected chi connectivity index (χ3v) is 3.79. The van der Waals surface area contributed by atoms with Crippen LogP contribution in [0.1, 0.15) is 16.7 Å². The minimum Gasteiger partial charge on any atom is -0.490 e. The van der Waals surface area contributed by atoms with E-state index in [1.807, 2.05) is 32.0 Å². The molecule has 2 aromatic carbocycles. The van der Waals surface area contributed by atoms with Gasteiger partial charge in [-0.1, -0.05) is 29.3 Å². The molecule has 0 spiro atoms. The molecule has 0 saturated carbocycles. The van der Waals surface area contributed by atoms with Gasteiger partial charge in [0.25, 0.3) is 0 Å². The summed E-state index contributed by atoms with van der Waals surface area (Å²) in [6, 6.07) is 12.4. The lowest BCUT2D eigenvalue weighted by Gasteiger charge is -2.12. The Balaban J connectivity index is 2.05. The molecule has 2 rings (SSSR count). The summed E-state index contributed by atoms with van der Waals surface area (Å²) in [5, 5.41) is 18.3. The highest BCUT2D eigenvalue weighted by Gasteiger charge is 2.10. The fourth-order valence-electron chi connectivity index (χ4n) is 2.33. The lowest BCUT2D eigenvalue weighted by Crippen LogP contribution is -2.10. The fraction of sp³-hybridized carbons (Fsp3) is 0.200. The van der Waals surface area contributed by atoms with Crippen molar-refractivity contribution >= 4 is 23.6 Å². The van der Waals surface area contributed by atoms with Gasteiger partial charge in [-0.15, -0.1) is 0 Å². The topological polar surface area (TPSA) is 79.5 Å². The molecule has 0 saturated heterocycles. The van der Waals surface area contributed by atoms with Gasteiger partial charge in [0.1, 0.15) is 36.4 Å². The summed E-state index contributed by atoms with van der Waals surface area (Å²) in [5.74, 6) is -0.0997. The number of carboxylic acids is 1. The molecule has 6 heteroatoms. The number of carbonyl (C=O) groups is 1.